The molecule has 3 radical (unpaired) electrons. The van der Waals surface area contributed by atoms with E-state index in [-0.39, 0.29) is 17.3 Å². The fourth-order valence-electron chi connectivity index (χ4n) is 0.692. The molecule has 1 atom stereocenters. The molecule has 79 valence electrons. The fourth-order valence-corrected chi connectivity index (χ4v) is 1.33. The second-order valence-electron chi connectivity index (χ2n) is 4.14. The Morgan fingerprint density at radius 2 is 1.93 bits per heavy atom. The Bertz CT molecular complexity index is 228. The van der Waals surface area contributed by atoms with Gasteiger partial charge in [-0.05, 0) is 0 Å². The Morgan fingerprint density at radius 1 is 1.43 bits per heavy atom. The second kappa shape index (κ2) is 5.75. The summed E-state index contributed by atoms with van der Waals surface area (Å²) >= 11 is 0.909. The number of ether oxygens (including phenoxy) is 1. The van der Waals surface area contributed by atoms with Crippen LogP contribution < -0.4 is 0 Å². The van der Waals surface area contributed by atoms with E-state index in [1.165, 1.54) is 6.08 Å². The van der Waals surface area contributed by atoms with Crippen LogP contribution in [0.2, 0.25) is 0 Å². The van der Waals surface area contributed by atoms with E-state index < -0.39 is 0 Å². The van der Waals surface area contributed by atoms with Crippen molar-refractivity contribution in [3.05, 3.63) is 11.8 Å². The van der Waals surface area contributed by atoms with Crippen molar-refractivity contribution >= 4 is 28.7 Å². The van der Waals surface area contributed by atoms with Gasteiger partial charge in [0.25, 0.3) is 0 Å². The zero-order valence-electron chi connectivity index (χ0n) is 9.38. The van der Waals surface area contributed by atoms with Crippen LogP contribution in [-0.2, 0) is 12.6 Å². The minimum atomic E-state index is -0.368. The average Bonchev–Trinajstić information content (AvgIpc) is 2.10. The summed E-state index contributed by atoms with van der Waals surface area (Å²) in [4.78, 5) is 11.7. The van der Waals surface area contributed by atoms with E-state index in [0.717, 1.165) is 22.9 Å². The molecule has 0 aliphatic carbocycles. The first kappa shape index (κ1) is 14.0. The number of allylic oxidation sites excluding steroid dienone is 1. The first-order chi connectivity index (χ1) is 6.32. The summed E-state index contributed by atoms with van der Waals surface area (Å²) in [6, 6.07) is 0. The van der Waals surface area contributed by atoms with Crippen LogP contribution in [0.3, 0.4) is 0 Å². The van der Waals surface area contributed by atoms with Gasteiger partial charge < -0.3 is 0 Å². The molecular formula is C10H17O3Sn. The monoisotopic (exact) mass is 305 g/mol. The fraction of sp³-hybridized carbons (Fsp3) is 0.700. The van der Waals surface area contributed by atoms with Crippen molar-refractivity contribution in [3.8, 4) is 0 Å². The molecule has 0 saturated heterocycles. The number of rotatable bonds is 4. The molecular weight excluding hydrogens is 287 g/mol. The van der Waals surface area contributed by atoms with Crippen molar-refractivity contribution in [1.82, 2.24) is 0 Å². The summed E-state index contributed by atoms with van der Waals surface area (Å²) in [5, 5.41) is 0. The van der Waals surface area contributed by atoms with E-state index in [1.807, 2.05) is 27.7 Å². The summed E-state index contributed by atoms with van der Waals surface area (Å²) in [6.45, 7) is 7.49. The number of hydrogen-bond acceptors (Lipinski definition) is 3. The van der Waals surface area contributed by atoms with Crippen LogP contribution in [-0.4, -0.2) is 41.9 Å². The van der Waals surface area contributed by atoms with Gasteiger partial charge in [0.1, 0.15) is 0 Å². The van der Waals surface area contributed by atoms with Gasteiger partial charge in [-0.1, -0.05) is 0 Å². The van der Waals surface area contributed by atoms with Crippen molar-refractivity contribution in [1.29, 1.82) is 0 Å². The minimum absolute atomic E-state index is 0.0544. The molecule has 0 spiro atoms. The third-order valence-corrected chi connectivity index (χ3v) is 2.56. The van der Waals surface area contributed by atoms with E-state index in [0.29, 0.717) is 5.76 Å². The van der Waals surface area contributed by atoms with E-state index >= 15 is 0 Å². The Hall–Kier alpha value is -0.0313. The average molecular weight is 304 g/mol. The molecule has 0 rings (SSSR count). The predicted molar refractivity (Wildman–Crippen MR) is 55.9 cm³/mol. The van der Waals surface area contributed by atoms with Gasteiger partial charge in [0.2, 0.25) is 0 Å². The van der Waals surface area contributed by atoms with Crippen LogP contribution in [0.4, 0.5) is 0 Å². The van der Waals surface area contributed by atoms with Crippen molar-refractivity contribution < 1.29 is 12.6 Å². The number of carbonyl (C=O) groups excluding carboxylic acids is 1. The van der Waals surface area contributed by atoms with Crippen molar-refractivity contribution in [3.63, 3.8) is 0 Å². The maximum absolute atomic E-state index is 11.7. The van der Waals surface area contributed by atoms with Gasteiger partial charge in [-0.25, -0.2) is 0 Å². The second-order valence-corrected chi connectivity index (χ2v) is 4.72. The Labute approximate surface area is 99.5 Å². The van der Waals surface area contributed by atoms with Crippen LogP contribution in [0.1, 0.15) is 27.7 Å². The molecule has 14 heavy (non-hydrogen) atoms. The molecule has 0 aromatic heterocycles. The van der Waals surface area contributed by atoms with Crippen LogP contribution >= 0.6 is 0 Å². The Morgan fingerprint density at radius 3 is 2.21 bits per heavy atom. The molecule has 0 aromatic rings. The zero-order chi connectivity index (χ0) is 11.4. The SMILES string of the molecule is COC(C)/C(=C/C(=O)C(C)(C)C)[O][Sn]. The standard InChI is InChI=1S/C10H18O3.Sn/c1-7(13-5)8(11)6-9(12)10(2,3)4;/h6-7,11H,1-5H3;/q;+1/p-1/b8-6-;. The van der Waals surface area contributed by atoms with Gasteiger partial charge in [0.05, 0.1) is 0 Å². The quantitative estimate of drug-likeness (QED) is 0.450. The van der Waals surface area contributed by atoms with Crippen LogP contribution in [0, 0.1) is 5.41 Å². The van der Waals surface area contributed by atoms with Crippen LogP contribution in [0.5, 0.6) is 0 Å². The van der Waals surface area contributed by atoms with Gasteiger partial charge in [-0.15, -0.1) is 0 Å². The third-order valence-electron chi connectivity index (χ3n) is 1.88. The van der Waals surface area contributed by atoms with Crippen LogP contribution in [0.15, 0.2) is 11.8 Å². The third kappa shape index (κ3) is 4.46. The van der Waals surface area contributed by atoms with E-state index in [9.17, 15) is 4.79 Å². The van der Waals surface area contributed by atoms with Crippen molar-refractivity contribution in [2.45, 2.75) is 33.8 Å². The molecule has 0 N–H and O–H groups in total. The molecule has 0 aliphatic heterocycles. The summed E-state index contributed by atoms with van der Waals surface area (Å²) in [6.07, 6.45) is 1.36. The van der Waals surface area contributed by atoms with Gasteiger partial charge in [0.15, 0.2) is 0 Å². The summed E-state index contributed by atoms with van der Waals surface area (Å²) in [7, 11) is 1.59. The predicted octanol–water partition coefficient (Wildman–Crippen LogP) is 1.62. The van der Waals surface area contributed by atoms with E-state index in [2.05, 4.69) is 0 Å². The molecule has 0 bridgehead atoms. The van der Waals surface area contributed by atoms with E-state index in [4.69, 9.17) is 7.81 Å². The molecule has 0 fully saturated rings. The number of methoxy groups -OCH3 is 1. The Balaban J connectivity index is 4.69. The molecule has 0 aliphatic rings. The summed E-state index contributed by atoms with van der Waals surface area (Å²) < 4.78 is 10.3. The maximum atomic E-state index is 11.7. The molecule has 1 unspecified atom stereocenters. The molecule has 0 aromatic carbocycles. The first-order valence-electron chi connectivity index (χ1n) is 4.45. The molecule has 0 heterocycles. The van der Waals surface area contributed by atoms with Crippen LogP contribution in [0.25, 0.3) is 0 Å². The first-order valence-corrected chi connectivity index (χ1v) is 5.61. The summed E-state index contributed by atoms with van der Waals surface area (Å²) in [5.74, 6) is 0.657. The number of carbonyl (C=O) groups is 1. The molecule has 3 nitrogen and oxygen atoms in total. The van der Waals surface area contributed by atoms with Gasteiger partial charge >= 0.3 is 99.5 Å². The van der Waals surface area contributed by atoms with Gasteiger partial charge in [0, 0.05) is 0 Å². The number of hydrogen-bond donors (Lipinski definition) is 0. The topological polar surface area (TPSA) is 35.5 Å². The molecule has 4 heteroatoms. The Kier molecular flexibility index (Phi) is 5.74. The molecule has 0 saturated carbocycles. The number of ketones is 1. The van der Waals surface area contributed by atoms with Gasteiger partial charge in [-0.2, -0.15) is 0 Å². The summed E-state index contributed by atoms with van der Waals surface area (Å²) in [5.41, 5.74) is -0.368. The zero-order valence-corrected chi connectivity index (χ0v) is 12.2. The molecule has 0 amide bonds. The normalized spacial score (nSPS) is 15.1. The van der Waals surface area contributed by atoms with Gasteiger partial charge in [-0.3, -0.25) is 0 Å². The van der Waals surface area contributed by atoms with Crippen molar-refractivity contribution in [2.75, 3.05) is 7.11 Å². The van der Waals surface area contributed by atoms with Crippen molar-refractivity contribution in [2.24, 2.45) is 5.41 Å². The van der Waals surface area contributed by atoms with E-state index in [1.54, 1.807) is 7.11 Å².